The van der Waals surface area contributed by atoms with Crippen LogP contribution in [0.5, 0.6) is 0 Å². The zero-order valence-electron chi connectivity index (χ0n) is 27.0. The Morgan fingerprint density at radius 2 is 1.67 bits per heavy atom. The number of sulfonamides is 1. The fourth-order valence-electron chi connectivity index (χ4n) is 6.16. The van der Waals surface area contributed by atoms with Crippen molar-refractivity contribution >= 4 is 33.4 Å². The third-order valence-corrected chi connectivity index (χ3v) is 10.1. The lowest BCUT2D eigenvalue weighted by Gasteiger charge is -2.41. The van der Waals surface area contributed by atoms with E-state index in [-0.39, 0.29) is 19.1 Å². The summed E-state index contributed by atoms with van der Waals surface area (Å²) in [7, 11) is -3.47. The summed E-state index contributed by atoms with van der Waals surface area (Å²) in [5.41, 5.74) is 12.4. The number of rotatable bonds is 14. The molecule has 1 fully saturated rings. The summed E-state index contributed by atoms with van der Waals surface area (Å²) in [6.07, 6.45) is 4.23. The van der Waals surface area contributed by atoms with Crippen LogP contribution >= 0.6 is 0 Å². The van der Waals surface area contributed by atoms with Crippen LogP contribution in [0.1, 0.15) is 57.1 Å². The Bertz CT molecular complexity index is 1480. The Morgan fingerprint density at radius 1 is 1.02 bits per heavy atom. The molecule has 46 heavy (non-hydrogen) atoms. The van der Waals surface area contributed by atoms with Crippen LogP contribution in [0.25, 0.3) is 0 Å². The molecule has 0 aromatic heterocycles. The van der Waals surface area contributed by atoms with Crippen LogP contribution in [-0.4, -0.2) is 87.7 Å². The molecule has 6 N–H and O–H groups in total. The highest BCUT2D eigenvalue weighted by atomic mass is 32.2. The number of anilines is 1. The molecule has 0 radical (unpaired) electrons. The second-order valence-corrected chi connectivity index (χ2v) is 14.8. The van der Waals surface area contributed by atoms with Crippen molar-refractivity contribution in [2.75, 3.05) is 43.3 Å². The van der Waals surface area contributed by atoms with Crippen molar-refractivity contribution in [2.45, 2.75) is 75.6 Å². The molecule has 2 atom stereocenters. The predicted octanol–water partition coefficient (Wildman–Crippen LogP) is 1.38. The maximum absolute atomic E-state index is 14.0. The molecule has 13 heteroatoms. The minimum Gasteiger partial charge on any atom is -0.374 e. The molecular formula is C33H48N6O6S. The zero-order chi connectivity index (χ0) is 33.5. The van der Waals surface area contributed by atoms with Crippen molar-refractivity contribution in [1.82, 2.24) is 15.5 Å². The minimum absolute atomic E-state index is 0.0750. The number of nitrogens with zero attached hydrogens (tertiary/aromatic N) is 2. The van der Waals surface area contributed by atoms with Gasteiger partial charge in [0.25, 0.3) is 0 Å². The summed E-state index contributed by atoms with van der Waals surface area (Å²) in [5.74, 6) is -1.30. The molecule has 0 saturated carbocycles. The Labute approximate surface area is 272 Å². The SMILES string of the molecule is CC(C)(NC(=O)[C@@H](N)CCCCN)C(=O)N[C@H](COCc1ccccc1)C(=O)N1CCC2(CC1)CN(S(C)(=O)=O)c1ccccc12. The van der Waals surface area contributed by atoms with Crippen molar-refractivity contribution in [2.24, 2.45) is 11.5 Å². The third-order valence-electron chi connectivity index (χ3n) is 8.93. The van der Waals surface area contributed by atoms with Crippen LogP contribution in [0, 0.1) is 0 Å². The third kappa shape index (κ3) is 8.44. The van der Waals surface area contributed by atoms with Crippen LogP contribution in [0.15, 0.2) is 54.6 Å². The van der Waals surface area contributed by atoms with Gasteiger partial charge in [-0.15, -0.1) is 0 Å². The summed E-state index contributed by atoms with van der Waals surface area (Å²) >= 11 is 0. The predicted molar refractivity (Wildman–Crippen MR) is 177 cm³/mol. The monoisotopic (exact) mass is 656 g/mol. The number of carbonyl (C=O) groups excluding carboxylic acids is 3. The number of hydrogen-bond donors (Lipinski definition) is 4. The van der Waals surface area contributed by atoms with Gasteiger partial charge in [-0.3, -0.25) is 18.7 Å². The van der Waals surface area contributed by atoms with Crippen LogP contribution < -0.4 is 26.4 Å². The quantitative estimate of drug-likeness (QED) is 0.221. The Balaban J connectivity index is 1.45. The number of amides is 3. The Kier molecular flexibility index (Phi) is 11.5. The van der Waals surface area contributed by atoms with E-state index in [1.807, 2.05) is 54.6 Å². The van der Waals surface area contributed by atoms with Gasteiger partial charge < -0.3 is 31.7 Å². The van der Waals surface area contributed by atoms with E-state index >= 15 is 0 Å². The highest BCUT2D eigenvalue weighted by Crippen LogP contribution is 2.47. The largest absolute Gasteiger partial charge is 0.374 e. The number of hydrogen-bond acceptors (Lipinski definition) is 8. The summed E-state index contributed by atoms with van der Waals surface area (Å²) < 4.78 is 32.6. The molecule has 2 aromatic carbocycles. The number of nitrogens with two attached hydrogens (primary N) is 2. The lowest BCUT2D eigenvalue weighted by molar-refractivity contribution is -0.141. The molecule has 252 valence electrons. The Hall–Kier alpha value is -3.52. The number of carbonyl (C=O) groups is 3. The van der Waals surface area contributed by atoms with E-state index in [1.54, 1.807) is 18.7 Å². The second kappa shape index (κ2) is 14.9. The number of fused-ring (bicyclic) bond motifs is 2. The lowest BCUT2D eigenvalue weighted by atomic mass is 9.74. The smallest absolute Gasteiger partial charge is 0.247 e. The average Bonchev–Trinajstić information content (AvgIpc) is 3.35. The topological polar surface area (TPSA) is 177 Å². The van der Waals surface area contributed by atoms with Gasteiger partial charge in [-0.1, -0.05) is 55.0 Å². The summed E-state index contributed by atoms with van der Waals surface area (Å²) in [6.45, 7) is 4.91. The van der Waals surface area contributed by atoms with Crippen molar-refractivity contribution in [1.29, 1.82) is 0 Å². The molecule has 4 rings (SSSR count). The number of piperidine rings is 1. The van der Waals surface area contributed by atoms with Crippen molar-refractivity contribution < 1.29 is 27.5 Å². The normalized spacial score (nSPS) is 17.3. The minimum atomic E-state index is -3.47. The molecule has 2 aliphatic heterocycles. The fraction of sp³-hybridized carbons (Fsp3) is 0.545. The standard InChI is InChI=1S/C33H48N6O6S/c1-32(2,37-29(40)26(35)14-9-10-18-34)31(42)36-27(22-45-21-24-11-5-4-6-12-24)30(41)38-19-16-33(17-20-38)23-39(46(3,43)44)28-15-8-7-13-25(28)33/h4-8,11-13,15,26-27H,9-10,14,16-23,34-35H2,1-3H3,(H,36,42)(H,37,40)/t26-,27+/m0/s1. The molecular weight excluding hydrogens is 608 g/mol. The Morgan fingerprint density at radius 3 is 2.33 bits per heavy atom. The van der Waals surface area contributed by atoms with Crippen LogP contribution in [0.3, 0.4) is 0 Å². The highest BCUT2D eigenvalue weighted by Gasteiger charge is 2.48. The molecule has 1 spiro atoms. The van der Waals surface area contributed by atoms with Gasteiger partial charge in [0, 0.05) is 25.0 Å². The lowest BCUT2D eigenvalue weighted by Crippen LogP contribution is -2.62. The fourth-order valence-corrected chi connectivity index (χ4v) is 7.16. The maximum atomic E-state index is 14.0. The molecule has 0 bridgehead atoms. The zero-order valence-corrected chi connectivity index (χ0v) is 27.9. The first kappa shape index (κ1) is 35.3. The van der Waals surface area contributed by atoms with E-state index in [2.05, 4.69) is 10.6 Å². The van der Waals surface area contributed by atoms with Gasteiger partial charge in [0.1, 0.15) is 11.6 Å². The number of para-hydroxylation sites is 1. The van der Waals surface area contributed by atoms with E-state index in [9.17, 15) is 22.8 Å². The van der Waals surface area contributed by atoms with Gasteiger partial charge in [-0.25, -0.2) is 8.42 Å². The molecule has 3 amide bonds. The van der Waals surface area contributed by atoms with Gasteiger partial charge in [0.15, 0.2) is 0 Å². The van der Waals surface area contributed by atoms with E-state index in [0.29, 0.717) is 57.5 Å². The molecule has 12 nitrogen and oxygen atoms in total. The first-order valence-electron chi connectivity index (χ1n) is 15.8. The van der Waals surface area contributed by atoms with Crippen molar-refractivity contribution in [3.8, 4) is 0 Å². The van der Waals surface area contributed by atoms with Gasteiger partial charge in [-0.2, -0.15) is 0 Å². The summed E-state index contributed by atoms with van der Waals surface area (Å²) in [5, 5.41) is 5.55. The van der Waals surface area contributed by atoms with Gasteiger partial charge in [0.05, 0.1) is 31.2 Å². The molecule has 2 aromatic rings. The van der Waals surface area contributed by atoms with Crippen LogP contribution in [0.4, 0.5) is 5.69 Å². The summed E-state index contributed by atoms with van der Waals surface area (Å²) in [6, 6.07) is 15.2. The first-order valence-corrected chi connectivity index (χ1v) is 17.7. The highest BCUT2D eigenvalue weighted by molar-refractivity contribution is 7.92. The van der Waals surface area contributed by atoms with Gasteiger partial charge in [-0.05, 0) is 63.3 Å². The first-order chi connectivity index (χ1) is 21.8. The number of benzene rings is 2. The van der Waals surface area contributed by atoms with Crippen molar-refractivity contribution in [3.05, 3.63) is 65.7 Å². The van der Waals surface area contributed by atoms with Crippen LogP contribution in [0.2, 0.25) is 0 Å². The number of unbranched alkanes of at least 4 members (excludes halogenated alkanes) is 1. The molecule has 1 saturated heterocycles. The van der Waals surface area contributed by atoms with Crippen LogP contribution in [-0.2, 0) is 41.2 Å². The number of ether oxygens (including phenoxy) is 1. The number of likely N-dealkylation sites (tertiary alicyclic amines) is 1. The molecule has 2 aliphatic rings. The van der Waals surface area contributed by atoms with Crippen molar-refractivity contribution in [3.63, 3.8) is 0 Å². The molecule has 2 heterocycles. The number of nitrogens with one attached hydrogen (secondary N) is 2. The van der Waals surface area contributed by atoms with Gasteiger partial charge >= 0.3 is 0 Å². The average molecular weight is 657 g/mol. The van der Waals surface area contributed by atoms with E-state index in [4.69, 9.17) is 16.2 Å². The second-order valence-electron chi connectivity index (χ2n) is 12.9. The molecule has 0 unspecified atom stereocenters. The molecule has 0 aliphatic carbocycles. The maximum Gasteiger partial charge on any atom is 0.247 e. The van der Waals surface area contributed by atoms with E-state index < -0.39 is 44.9 Å². The summed E-state index contributed by atoms with van der Waals surface area (Å²) in [4.78, 5) is 41.9. The van der Waals surface area contributed by atoms with E-state index in [0.717, 1.165) is 17.5 Å². The van der Waals surface area contributed by atoms with Gasteiger partial charge in [0.2, 0.25) is 27.7 Å². The van der Waals surface area contributed by atoms with E-state index in [1.165, 1.54) is 10.6 Å².